The second-order valence-corrected chi connectivity index (χ2v) is 9.38. The van der Waals surface area contributed by atoms with E-state index >= 15 is 0 Å². The SMILES string of the molecule is COC(=O)c1c(C)oc(C)c1S(=O)(=O)N1CCN(C(=O)C2(C#N)CCCC2)CC1. The highest BCUT2D eigenvalue weighted by Crippen LogP contribution is 2.39. The summed E-state index contributed by atoms with van der Waals surface area (Å²) in [7, 11) is -2.83. The number of ether oxygens (including phenoxy) is 1. The maximum atomic E-state index is 13.2. The summed E-state index contributed by atoms with van der Waals surface area (Å²) < 4.78 is 37.8. The van der Waals surface area contributed by atoms with E-state index in [4.69, 9.17) is 9.15 Å². The number of aryl methyl sites for hydroxylation is 2. The van der Waals surface area contributed by atoms with Crippen LogP contribution in [0.5, 0.6) is 0 Å². The normalized spacial score (nSPS) is 19.7. The quantitative estimate of drug-likeness (QED) is 0.674. The van der Waals surface area contributed by atoms with Crippen molar-refractivity contribution >= 4 is 21.9 Å². The van der Waals surface area contributed by atoms with E-state index in [2.05, 4.69) is 6.07 Å². The van der Waals surface area contributed by atoms with E-state index in [0.717, 1.165) is 12.8 Å². The molecule has 2 heterocycles. The number of carbonyl (C=O) groups excluding carboxylic acids is 2. The Morgan fingerprint density at radius 2 is 1.69 bits per heavy atom. The number of carbonyl (C=O) groups is 2. The lowest BCUT2D eigenvalue weighted by Crippen LogP contribution is -2.53. The van der Waals surface area contributed by atoms with Crippen LogP contribution in [-0.4, -0.2) is 62.8 Å². The molecule has 0 radical (unpaired) electrons. The molecule has 158 valence electrons. The average molecular weight is 423 g/mol. The molecule has 0 bridgehead atoms. The molecule has 1 aliphatic heterocycles. The molecule has 0 aromatic carbocycles. The van der Waals surface area contributed by atoms with Gasteiger partial charge in [-0.1, -0.05) is 12.8 Å². The van der Waals surface area contributed by atoms with E-state index in [0.29, 0.717) is 12.8 Å². The van der Waals surface area contributed by atoms with Crippen molar-refractivity contribution in [3.63, 3.8) is 0 Å². The molecule has 2 fully saturated rings. The summed E-state index contributed by atoms with van der Waals surface area (Å²) in [5, 5.41) is 9.53. The maximum Gasteiger partial charge on any atom is 0.342 e. The largest absolute Gasteiger partial charge is 0.465 e. The van der Waals surface area contributed by atoms with Crippen molar-refractivity contribution in [1.29, 1.82) is 5.26 Å². The van der Waals surface area contributed by atoms with Crippen LogP contribution in [0.3, 0.4) is 0 Å². The fraction of sp³-hybridized carbons (Fsp3) is 0.632. The highest BCUT2D eigenvalue weighted by Gasteiger charge is 2.45. The van der Waals surface area contributed by atoms with Crippen LogP contribution in [0.4, 0.5) is 0 Å². The van der Waals surface area contributed by atoms with Crippen molar-refractivity contribution in [2.45, 2.75) is 44.4 Å². The fourth-order valence-electron chi connectivity index (χ4n) is 4.23. The first-order chi connectivity index (χ1) is 13.7. The van der Waals surface area contributed by atoms with Crippen LogP contribution in [0.1, 0.15) is 47.6 Å². The molecule has 3 rings (SSSR count). The third kappa shape index (κ3) is 3.53. The highest BCUT2D eigenvalue weighted by atomic mass is 32.2. The van der Waals surface area contributed by atoms with Crippen LogP contribution in [0.2, 0.25) is 0 Å². The summed E-state index contributed by atoms with van der Waals surface area (Å²) in [6.45, 7) is 3.57. The van der Waals surface area contributed by atoms with Crippen LogP contribution >= 0.6 is 0 Å². The summed E-state index contributed by atoms with van der Waals surface area (Å²) in [6.07, 6.45) is 2.81. The van der Waals surface area contributed by atoms with E-state index < -0.39 is 21.4 Å². The number of rotatable bonds is 4. The molecular formula is C19H25N3O6S. The number of furan rings is 1. The minimum atomic E-state index is -4.01. The Balaban J connectivity index is 1.80. The van der Waals surface area contributed by atoms with Crippen molar-refractivity contribution in [1.82, 2.24) is 9.21 Å². The zero-order valence-electron chi connectivity index (χ0n) is 16.9. The lowest BCUT2D eigenvalue weighted by atomic mass is 9.86. The average Bonchev–Trinajstić information content (AvgIpc) is 3.31. The molecule has 0 unspecified atom stereocenters. The van der Waals surface area contributed by atoms with Gasteiger partial charge in [0.05, 0.1) is 13.2 Å². The predicted octanol–water partition coefficient (Wildman–Crippen LogP) is 1.60. The van der Waals surface area contributed by atoms with Gasteiger partial charge >= 0.3 is 5.97 Å². The summed E-state index contributed by atoms with van der Waals surface area (Å²) in [4.78, 5) is 26.4. The lowest BCUT2D eigenvalue weighted by Gasteiger charge is -2.37. The Morgan fingerprint density at radius 1 is 1.10 bits per heavy atom. The van der Waals surface area contributed by atoms with Gasteiger partial charge < -0.3 is 14.1 Å². The van der Waals surface area contributed by atoms with Gasteiger partial charge in [-0.3, -0.25) is 4.79 Å². The summed E-state index contributed by atoms with van der Waals surface area (Å²) >= 11 is 0. The van der Waals surface area contributed by atoms with Gasteiger partial charge in [-0.25, -0.2) is 13.2 Å². The first kappa shape index (κ1) is 21.3. The number of amides is 1. The summed E-state index contributed by atoms with van der Waals surface area (Å²) in [6, 6.07) is 2.19. The molecule has 29 heavy (non-hydrogen) atoms. The van der Waals surface area contributed by atoms with Gasteiger partial charge in [0, 0.05) is 26.2 Å². The van der Waals surface area contributed by atoms with E-state index in [1.807, 2.05) is 0 Å². The Hall–Kier alpha value is -2.38. The van der Waals surface area contributed by atoms with Crippen LogP contribution in [0, 0.1) is 30.6 Å². The van der Waals surface area contributed by atoms with E-state index in [9.17, 15) is 23.3 Å². The molecule has 1 aromatic rings. The van der Waals surface area contributed by atoms with Crippen LogP contribution in [-0.2, 0) is 19.6 Å². The van der Waals surface area contributed by atoms with Gasteiger partial charge in [-0.05, 0) is 26.7 Å². The number of hydrogen-bond donors (Lipinski definition) is 0. The minimum Gasteiger partial charge on any atom is -0.465 e. The Bertz CT molecular complexity index is 961. The maximum absolute atomic E-state index is 13.2. The van der Waals surface area contributed by atoms with Gasteiger partial charge in [0.15, 0.2) is 0 Å². The van der Waals surface area contributed by atoms with Gasteiger partial charge in [0.1, 0.15) is 27.4 Å². The first-order valence-electron chi connectivity index (χ1n) is 9.57. The van der Waals surface area contributed by atoms with E-state index in [1.165, 1.54) is 25.3 Å². The molecule has 9 nitrogen and oxygen atoms in total. The second-order valence-electron chi connectivity index (χ2n) is 7.51. The Kier molecular flexibility index (Phi) is 5.74. The Morgan fingerprint density at radius 3 is 2.21 bits per heavy atom. The number of hydrogen-bond acceptors (Lipinski definition) is 7. The molecule has 10 heteroatoms. The van der Waals surface area contributed by atoms with Crippen molar-refractivity contribution in [3.8, 4) is 6.07 Å². The molecular weight excluding hydrogens is 398 g/mol. The first-order valence-corrected chi connectivity index (χ1v) is 11.0. The van der Waals surface area contributed by atoms with Crippen molar-refractivity contribution in [2.24, 2.45) is 5.41 Å². The molecule has 1 aliphatic carbocycles. The van der Waals surface area contributed by atoms with Gasteiger partial charge in [0.25, 0.3) is 0 Å². The van der Waals surface area contributed by atoms with Crippen molar-refractivity contribution < 1.29 is 27.2 Å². The number of nitrogens with zero attached hydrogens (tertiary/aromatic N) is 3. The standard InChI is InChI=1S/C19H25N3O6S/c1-13-15(17(23)27-3)16(14(2)28-13)29(25,26)22-10-8-21(9-11-22)18(24)19(12-20)6-4-5-7-19/h4-11H2,1-3H3. The van der Waals surface area contributed by atoms with Gasteiger partial charge in [0.2, 0.25) is 15.9 Å². The van der Waals surface area contributed by atoms with Crippen LogP contribution < -0.4 is 0 Å². The smallest absolute Gasteiger partial charge is 0.342 e. The molecule has 0 atom stereocenters. The number of sulfonamides is 1. The molecule has 1 amide bonds. The zero-order chi connectivity index (χ0) is 21.4. The molecule has 1 saturated carbocycles. The topological polar surface area (TPSA) is 121 Å². The highest BCUT2D eigenvalue weighted by molar-refractivity contribution is 7.89. The van der Waals surface area contributed by atoms with Crippen LogP contribution in [0.15, 0.2) is 9.31 Å². The number of methoxy groups -OCH3 is 1. The van der Waals surface area contributed by atoms with Crippen LogP contribution in [0.25, 0.3) is 0 Å². The minimum absolute atomic E-state index is 0.0832. The summed E-state index contributed by atoms with van der Waals surface area (Å²) in [5.74, 6) is -0.682. The Labute approximate surface area is 170 Å². The van der Waals surface area contributed by atoms with E-state index in [-0.39, 0.29) is 54.1 Å². The molecule has 1 saturated heterocycles. The molecule has 1 aromatic heterocycles. The van der Waals surface area contributed by atoms with E-state index in [1.54, 1.807) is 4.90 Å². The molecule has 0 spiro atoms. The van der Waals surface area contributed by atoms with Crippen molar-refractivity contribution in [2.75, 3.05) is 33.3 Å². The monoisotopic (exact) mass is 423 g/mol. The second kappa shape index (κ2) is 7.80. The van der Waals surface area contributed by atoms with Gasteiger partial charge in [-0.2, -0.15) is 9.57 Å². The number of esters is 1. The fourth-order valence-corrected chi connectivity index (χ4v) is 6.02. The number of piperazine rings is 1. The predicted molar refractivity (Wildman–Crippen MR) is 101 cm³/mol. The third-order valence-corrected chi connectivity index (χ3v) is 7.85. The van der Waals surface area contributed by atoms with Gasteiger partial charge in [-0.15, -0.1) is 0 Å². The lowest BCUT2D eigenvalue weighted by molar-refractivity contribution is -0.140. The number of nitriles is 1. The van der Waals surface area contributed by atoms with Crippen molar-refractivity contribution in [3.05, 3.63) is 17.1 Å². The summed E-state index contributed by atoms with van der Waals surface area (Å²) in [5.41, 5.74) is -1.07. The zero-order valence-corrected chi connectivity index (χ0v) is 17.7. The third-order valence-electron chi connectivity index (χ3n) is 5.80. The molecule has 2 aliphatic rings. The molecule has 0 N–H and O–H groups in total.